The minimum Gasteiger partial charge on any atom is -0.462 e. The number of aliphatic hydroxyl groups excluding tert-OH is 1. The number of esters is 4. The van der Waals surface area contributed by atoms with Crippen LogP contribution in [0.5, 0.6) is 0 Å². The molecule has 552 valence electrons. The van der Waals surface area contributed by atoms with Crippen molar-refractivity contribution in [3.63, 3.8) is 0 Å². The number of hydrogen-bond acceptors (Lipinski definition) is 15. The molecule has 0 saturated carbocycles. The first-order valence-corrected chi connectivity index (χ1v) is 41.5. The van der Waals surface area contributed by atoms with Gasteiger partial charge in [-0.15, -0.1) is 0 Å². The Morgan fingerprint density at radius 2 is 0.548 bits per heavy atom. The highest BCUT2D eigenvalue weighted by atomic mass is 31.2. The van der Waals surface area contributed by atoms with Crippen LogP contribution in [0.3, 0.4) is 0 Å². The predicted molar refractivity (Wildman–Crippen MR) is 377 cm³/mol. The van der Waals surface area contributed by atoms with Gasteiger partial charge in [-0.3, -0.25) is 37.3 Å². The molecule has 0 rings (SSSR count). The summed E-state index contributed by atoms with van der Waals surface area (Å²) in [5, 5.41) is 10.6. The normalized spacial score (nSPS) is 14.3. The molecule has 0 fully saturated rings. The quantitative estimate of drug-likeness (QED) is 0.0222. The van der Waals surface area contributed by atoms with Crippen LogP contribution in [0.15, 0.2) is 0 Å². The number of carbonyl (C=O) groups is 4. The molecule has 0 aliphatic rings. The third-order valence-electron chi connectivity index (χ3n) is 17.6. The summed E-state index contributed by atoms with van der Waals surface area (Å²) in [6.07, 6.45) is 52.5. The van der Waals surface area contributed by atoms with Gasteiger partial charge in [0, 0.05) is 25.7 Å². The van der Waals surface area contributed by atoms with E-state index in [9.17, 15) is 43.2 Å². The van der Waals surface area contributed by atoms with E-state index in [1.807, 2.05) is 0 Å². The van der Waals surface area contributed by atoms with Gasteiger partial charge in [0.25, 0.3) is 0 Å². The van der Waals surface area contributed by atoms with Gasteiger partial charge in [0.15, 0.2) is 12.2 Å². The van der Waals surface area contributed by atoms with Crippen molar-refractivity contribution in [1.82, 2.24) is 0 Å². The monoisotopic (exact) mass is 1370 g/mol. The summed E-state index contributed by atoms with van der Waals surface area (Å²) in [5.74, 6) is -0.537. The molecule has 0 amide bonds. The van der Waals surface area contributed by atoms with E-state index in [0.29, 0.717) is 25.7 Å². The lowest BCUT2D eigenvalue weighted by atomic mass is 9.99. The average Bonchev–Trinajstić information content (AvgIpc) is 1.99. The van der Waals surface area contributed by atoms with Crippen LogP contribution < -0.4 is 0 Å². The van der Waals surface area contributed by atoms with Gasteiger partial charge in [0.1, 0.15) is 19.3 Å². The highest BCUT2D eigenvalue weighted by Gasteiger charge is 2.30. The van der Waals surface area contributed by atoms with E-state index in [1.165, 1.54) is 199 Å². The van der Waals surface area contributed by atoms with E-state index in [1.54, 1.807) is 0 Å². The van der Waals surface area contributed by atoms with Gasteiger partial charge >= 0.3 is 39.5 Å². The van der Waals surface area contributed by atoms with Crippen LogP contribution in [0.1, 0.15) is 382 Å². The van der Waals surface area contributed by atoms with Crippen LogP contribution >= 0.6 is 15.6 Å². The van der Waals surface area contributed by atoms with Gasteiger partial charge in [0.2, 0.25) is 0 Å². The highest BCUT2D eigenvalue weighted by Crippen LogP contribution is 2.45. The number of aliphatic hydroxyl groups is 1. The second-order valence-electron chi connectivity index (χ2n) is 27.4. The van der Waals surface area contributed by atoms with Gasteiger partial charge in [-0.1, -0.05) is 330 Å². The Balaban J connectivity index is 5.24. The molecular weight excluding hydrogens is 1220 g/mol. The number of hydrogen-bond donors (Lipinski definition) is 3. The number of carbonyl (C=O) groups excluding carboxylic acids is 4. The zero-order valence-corrected chi connectivity index (χ0v) is 62.3. The number of ether oxygens (including phenoxy) is 4. The lowest BCUT2D eigenvalue weighted by Gasteiger charge is -2.21. The Kier molecular flexibility index (Phi) is 64.6. The fraction of sp³-hybridized carbons (Fsp3) is 0.946. The highest BCUT2D eigenvalue weighted by molar-refractivity contribution is 7.47. The fourth-order valence-electron chi connectivity index (χ4n) is 11.3. The lowest BCUT2D eigenvalue weighted by molar-refractivity contribution is -0.161. The molecule has 0 bridgehead atoms. The molecule has 0 radical (unpaired) electrons. The minimum atomic E-state index is -4.96. The molecule has 19 heteroatoms. The number of unbranched alkanes of at least 4 members (excludes halogenated alkanes) is 42. The van der Waals surface area contributed by atoms with Crippen molar-refractivity contribution < 1.29 is 80.2 Å². The van der Waals surface area contributed by atoms with Crippen LogP contribution in [-0.4, -0.2) is 96.7 Å². The standard InChI is InChI=1S/C74H144O17P2/c1-7-10-12-14-16-18-20-28-32-40-46-52-58-73(78)90-69(62-84-71(76)56-50-44-38-31-26-19-17-15-13-11-8-2)64-88-92(80,81)86-60-68(75)61-87-93(82,83)89-65-70(63-85-72(77)57-51-45-39-35-34-37-43-49-55-67(6)9-3)91-74(79)59-53-47-41-33-29-25-23-21-22-24-27-30-36-42-48-54-66(4)5/h66-70,75H,7-65H2,1-6H3,(H,80,81)(H,82,83)/t67?,68-,69+,70+/m0/s1. The Morgan fingerprint density at radius 1 is 0.312 bits per heavy atom. The molecule has 6 atom stereocenters. The summed E-state index contributed by atoms with van der Waals surface area (Å²) in [7, 11) is -9.91. The van der Waals surface area contributed by atoms with Crippen LogP contribution in [0.25, 0.3) is 0 Å². The van der Waals surface area contributed by atoms with Crippen molar-refractivity contribution in [3.8, 4) is 0 Å². The molecule has 3 N–H and O–H groups in total. The molecule has 17 nitrogen and oxygen atoms in total. The van der Waals surface area contributed by atoms with Crippen molar-refractivity contribution in [2.45, 2.75) is 400 Å². The predicted octanol–water partition coefficient (Wildman–Crippen LogP) is 21.6. The van der Waals surface area contributed by atoms with Gasteiger partial charge in [-0.25, -0.2) is 9.13 Å². The third-order valence-corrected chi connectivity index (χ3v) is 19.5. The molecule has 0 aliphatic heterocycles. The maximum atomic E-state index is 13.1. The zero-order chi connectivity index (χ0) is 68.6. The van der Waals surface area contributed by atoms with Crippen molar-refractivity contribution in [2.75, 3.05) is 39.6 Å². The van der Waals surface area contributed by atoms with Crippen LogP contribution in [-0.2, 0) is 65.4 Å². The Labute approximate surface area is 568 Å². The summed E-state index contributed by atoms with van der Waals surface area (Å²) in [5.41, 5.74) is 0. The van der Waals surface area contributed by atoms with Crippen molar-refractivity contribution >= 4 is 39.5 Å². The van der Waals surface area contributed by atoms with Gasteiger partial charge in [0.05, 0.1) is 26.4 Å². The molecule has 0 aromatic heterocycles. The first-order chi connectivity index (χ1) is 44.9. The molecule has 0 aromatic carbocycles. The zero-order valence-electron chi connectivity index (χ0n) is 60.6. The lowest BCUT2D eigenvalue weighted by Crippen LogP contribution is -2.30. The van der Waals surface area contributed by atoms with Gasteiger partial charge in [-0.2, -0.15) is 0 Å². The molecule has 0 saturated heterocycles. The average molecular weight is 1370 g/mol. The summed E-state index contributed by atoms with van der Waals surface area (Å²) < 4.78 is 68.4. The van der Waals surface area contributed by atoms with Crippen LogP contribution in [0, 0.1) is 11.8 Å². The molecule has 0 aromatic rings. The summed E-state index contributed by atoms with van der Waals surface area (Å²) in [6.45, 7) is 9.61. The van der Waals surface area contributed by atoms with Crippen molar-refractivity contribution in [2.24, 2.45) is 11.8 Å². The smallest absolute Gasteiger partial charge is 0.462 e. The molecule has 3 unspecified atom stereocenters. The van der Waals surface area contributed by atoms with E-state index in [2.05, 4.69) is 41.5 Å². The van der Waals surface area contributed by atoms with Crippen molar-refractivity contribution in [1.29, 1.82) is 0 Å². The van der Waals surface area contributed by atoms with E-state index in [0.717, 1.165) is 102 Å². The third kappa shape index (κ3) is 67.0. The molecule has 0 heterocycles. The molecular formula is C74H144O17P2. The van der Waals surface area contributed by atoms with Gasteiger partial charge < -0.3 is 33.8 Å². The summed E-state index contributed by atoms with van der Waals surface area (Å²) >= 11 is 0. The second kappa shape index (κ2) is 66.0. The summed E-state index contributed by atoms with van der Waals surface area (Å²) in [4.78, 5) is 72.7. The maximum absolute atomic E-state index is 13.1. The fourth-order valence-corrected chi connectivity index (χ4v) is 12.8. The summed E-state index contributed by atoms with van der Waals surface area (Å²) in [6, 6.07) is 0. The Hall–Kier alpha value is -1.94. The van der Waals surface area contributed by atoms with Crippen LogP contribution in [0.4, 0.5) is 0 Å². The Morgan fingerprint density at radius 3 is 0.817 bits per heavy atom. The van der Waals surface area contributed by atoms with E-state index in [4.69, 9.17) is 37.0 Å². The number of phosphoric ester groups is 2. The molecule has 0 aliphatic carbocycles. The topological polar surface area (TPSA) is 237 Å². The number of rotatable bonds is 73. The molecule has 93 heavy (non-hydrogen) atoms. The van der Waals surface area contributed by atoms with E-state index < -0.39 is 97.5 Å². The first kappa shape index (κ1) is 91.1. The van der Waals surface area contributed by atoms with Crippen LogP contribution in [0.2, 0.25) is 0 Å². The SMILES string of the molecule is CCCCCCCCCCCCCCC(=O)O[C@H](COC(=O)CCCCCCCCCCCCC)COP(=O)(O)OC[C@H](O)COP(=O)(O)OC[C@@H](COC(=O)CCCCCCCCCCC(C)CC)OC(=O)CCCCCCCCCCCCCCCCCC(C)C. The second-order valence-corrected chi connectivity index (χ2v) is 30.3. The largest absolute Gasteiger partial charge is 0.472 e. The Bertz CT molecular complexity index is 1810. The van der Waals surface area contributed by atoms with Crippen molar-refractivity contribution in [3.05, 3.63) is 0 Å². The van der Waals surface area contributed by atoms with E-state index >= 15 is 0 Å². The maximum Gasteiger partial charge on any atom is 0.472 e. The minimum absolute atomic E-state index is 0.107. The van der Waals surface area contributed by atoms with Gasteiger partial charge in [-0.05, 0) is 37.5 Å². The number of phosphoric acid groups is 2. The molecule has 0 spiro atoms. The van der Waals surface area contributed by atoms with E-state index in [-0.39, 0.29) is 25.7 Å². The first-order valence-electron chi connectivity index (χ1n) is 38.5.